The van der Waals surface area contributed by atoms with E-state index in [-0.39, 0.29) is 6.10 Å². The fraction of sp³-hybridized carbons (Fsp3) is 0.286. The molecule has 0 aliphatic carbocycles. The van der Waals surface area contributed by atoms with Crippen molar-refractivity contribution in [3.05, 3.63) is 77.9 Å². The minimum Gasteiger partial charge on any atom is -0.497 e. The standard InChI is InChI=1S/C21H25N2O3/c1-22-12-13-23(2)21(22)20(17-6-5-7-19(14-17)25-4)26-15-16-8-10-18(24-3)11-9-16/h5-14,20H,15H2,1-4H3/q+1. The summed E-state index contributed by atoms with van der Waals surface area (Å²) in [5.74, 6) is 2.72. The molecule has 0 amide bonds. The van der Waals surface area contributed by atoms with Crippen LogP contribution in [0.25, 0.3) is 0 Å². The van der Waals surface area contributed by atoms with Crippen molar-refractivity contribution in [2.75, 3.05) is 14.2 Å². The van der Waals surface area contributed by atoms with E-state index in [0.29, 0.717) is 6.61 Å². The van der Waals surface area contributed by atoms with Crippen molar-refractivity contribution in [2.24, 2.45) is 14.1 Å². The fourth-order valence-electron chi connectivity index (χ4n) is 3.00. The highest BCUT2D eigenvalue weighted by molar-refractivity contribution is 5.32. The summed E-state index contributed by atoms with van der Waals surface area (Å²) < 4.78 is 21.1. The summed E-state index contributed by atoms with van der Waals surface area (Å²) >= 11 is 0. The maximum absolute atomic E-state index is 6.36. The Morgan fingerprint density at radius 2 is 1.73 bits per heavy atom. The molecule has 0 saturated heterocycles. The number of methoxy groups -OCH3 is 2. The van der Waals surface area contributed by atoms with E-state index in [1.807, 2.05) is 69.0 Å². The Labute approximate surface area is 154 Å². The van der Waals surface area contributed by atoms with Crippen LogP contribution in [-0.2, 0) is 25.4 Å². The van der Waals surface area contributed by atoms with Crippen molar-refractivity contribution in [3.8, 4) is 11.5 Å². The molecule has 0 aliphatic rings. The van der Waals surface area contributed by atoms with E-state index in [9.17, 15) is 0 Å². The van der Waals surface area contributed by atoms with Crippen molar-refractivity contribution in [1.82, 2.24) is 4.57 Å². The zero-order valence-electron chi connectivity index (χ0n) is 15.7. The Balaban J connectivity index is 1.89. The van der Waals surface area contributed by atoms with Crippen LogP contribution in [0.15, 0.2) is 60.9 Å². The summed E-state index contributed by atoms with van der Waals surface area (Å²) in [6, 6.07) is 15.9. The van der Waals surface area contributed by atoms with E-state index in [0.717, 1.165) is 28.5 Å². The quantitative estimate of drug-likeness (QED) is 0.612. The predicted molar refractivity (Wildman–Crippen MR) is 99.2 cm³/mol. The number of ether oxygens (including phenoxy) is 3. The third kappa shape index (κ3) is 3.89. The minimum absolute atomic E-state index is 0.211. The highest BCUT2D eigenvalue weighted by Gasteiger charge is 2.27. The zero-order chi connectivity index (χ0) is 18.5. The van der Waals surface area contributed by atoms with Gasteiger partial charge in [-0.1, -0.05) is 24.3 Å². The van der Waals surface area contributed by atoms with Crippen molar-refractivity contribution >= 4 is 0 Å². The van der Waals surface area contributed by atoms with Crippen LogP contribution in [-0.4, -0.2) is 18.8 Å². The van der Waals surface area contributed by atoms with Gasteiger partial charge in [-0.05, 0) is 35.4 Å². The monoisotopic (exact) mass is 353 g/mol. The van der Waals surface area contributed by atoms with E-state index in [4.69, 9.17) is 14.2 Å². The maximum atomic E-state index is 6.36. The Kier molecular flexibility index (Phi) is 5.58. The average molecular weight is 353 g/mol. The van der Waals surface area contributed by atoms with Crippen molar-refractivity contribution in [2.45, 2.75) is 12.7 Å². The number of imidazole rings is 1. The van der Waals surface area contributed by atoms with Crippen LogP contribution in [0.4, 0.5) is 0 Å². The van der Waals surface area contributed by atoms with Crippen LogP contribution in [0.5, 0.6) is 11.5 Å². The zero-order valence-corrected chi connectivity index (χ0v) is 15.7. The van der Waals surface area contributed by atoms with E-state index in [1.165, 1.54) is 0 Å². The second kappa shape index (κ2) is 8.06. The summed E-state index contributed by atoms with van der Waals surface area (Å²) in [5, 5.41) is 0. The third-order valence-corrected chi connectivity index (χ3v) is 4.44. The average Bonchev–Trinajstić information content (AvgIpc) is 3.01. The fourth-order valence-corrected chi connectivity index (χ4v) is 3.00. The first-order valence-electron chi connectivity index (χ1n) is 8.51. The molecular formula is C21H25N2O3+. The van der Waals surface area contributed by atoms with E-state index >= 15 is 0 Å². The van der Waals surface area contributed by atoms with Gasteiger partial charge in [0.05, 0.1) is 34.9 Å². The number of hydrogen-bond acceptors (Lipinski definition) is 3. The van der Waals surface area contributed by atoms with Crippen LogP contribution < -0.4 is 14.0 Å². The molecule has 0 fully saturated rings. The third-order valence-electron chi connectivity index (χ3n) is 4.44. The van der Waals surface area contributed by atoms with Gasteiger partial charge in [0.2, 0.25) is 0 Å². The topological polar surface area (TPSA) is 36.5 Å². The SMILES string of the molecule is COc1ccc(COC(c2cccc(OC)c2)c2n(C)cc[n+]2C)cc1. The van der Waals surface area contributed by atoms with Gasteiger partial charge in [-0.25, -0.2) is 9.13 Å². The number of aromatic nitrogens is 2. The molecule has 3 rings (SSSR count). The predicted octanol–water partition coefficient (Wildman–Crippen LogP) is 3.17. The molecule has 2 aromatic carbocycles. The van der Waals surface area contributed by atoms with Gasteiger partial charge in [0.15, 0.2) is 6.10 Å². The number of rotatable bonds is 7. The minimum atomic E-state index is -0.211. The van der Waals surface area contributed by atoms with Crippen molar-refractivity contribution < 1.29 is 18.8 Å². The molecule has 0 radical (unpaired) electrons. The van der Waals surface area contributed by atoms with Crippen LogP contribution in [0.3, 0.4) is 0 Å². The summed E-state index contributed by atoms with van der Waals surface area (Å²) in [7, 11) is 7.40. The Morgan fingerprint density at radius 1 is 1.00 bits per heavy atom. The molecule has 5 nitrogen and oxygen atoms in total. The lowest BCUT2D eigenvalue weighted by Crippen LogP contribution is -2.35. The van der Waals surface area contributed by atoms with Crippen LogP contribution in [0.1, 0.15) is 23.1 Å². The molecule has 136 valence electrons. The van der Waals surface area contributed by atoms with Crippen molar-refractivity contribution in [3.63, 3.8) is 0 Å². The van der Waals surface area contributed by atoms with Crippen LogP contribution in [0.2, 0.25) is 0 Å². The largest absolute Gasteiger partial charge is 0.497 e. The lowest BCUT2D eigenvalue weighted by atomic mass is 10.1. The second-order valence-electron chi connectivity index (χ2n) is 6.19. The Morgan fingerprint density at radius 3 is 2.35 bits per heavy atom. The molecule has 1 atom stereocenters. The number of hydrogen-bond donors (Lipinski definition) is 0. The molecule has 0 bridgehead atoms. The molecule has 3 aromatic rings. The maximum Gasteiger partial charge on any atom is 0.290 e. The molecule has 0 aliphatic heterocycles. The van der Waals surface area contributed by atoms with Crippen LogP contribution in [0, 0.1) is 0 Å². The van der Waals surface area contributed by atoms with E-state index in [1.54, 1.807) is 14.2 Å². The molecule has 0 N–H and O–H groups in total. The first kappa shape index (κ1) is 18.0. The summed E-state index contributed by atoms with van der Waals surface area (Å²) in [6.45, 7) is 0.497. The van der Waals surface area contributed by atoms with Gasteiger partial charge in [0, 0.05) is 0 Å². The number of benzene rings is 2. The number of nitrogens with zero attached hydrogens (tertiary/aromatic N) is 2. The van der Waals surface area contributed by atoms with Gasteiger partial charge in [0.1, 0.15) is 23.9 Å². The highest BCUT2D eigenvalue weighted by atomic mass is 16.5. The molecule has 0 saturated carbocycles. The first-order chi connectivity index (χ1) is 12.6. The Bertz CT molecular complexity index is 836. The molecule has 5 heteroatoms. The smallest absolute Gasteiger partial charge is 0.290 e. The molecule has 0 spiro atoms. The van der Waals surface area contributed by atoms with Crippen molar-refractivity contribution in [1.29, 1.82) is 0 Å². The second-order valence-corrected chi connectivity index (χ2v) is 6.19. The molecule has 1 heterocycles. The van der Waals surface area contributed by atoms with Gasteiger partial charge in [-0.2, -0.15) is 0 Å². The summed E-state index contributed by atoms with van der Waals surface area (Å²) in [5.41, 5.74) is 2.14. The normalized spacial score (nSPS) is 12.0. The lowest BCUT2D eigenvalue weighted by molar-refractivity contribution is -0.682. The van der Waals surface area contributed by atoms with Gasteiger partial charge >= 0.3 is 0 Å². The molecule has 1 aromatic heterocycles. The van der Waals surface area contributed by atoms with Gasteiger partial charge in [0.25, 0.3) is 5.82 Å². The van der Waals surface area contributed by atoms with E-state index in [2.05, 4.69) is 15.2 Å². The van der Waals surface area contributed by atoms with E-state index < -0.39 is 0 Å². The molecule has 26 heavy (non-hydrogen) atoms. The molecule has 1 unspecified atom stereocenters. The first-order valence-corrected chi connectivity index (χ1v) is 8.51. The molecular weight excluding hydrogens is 328 g/mol. The van der Waals surface area contributed by atoms with Gasteiger partial charge < -0.3 is 14.2 Å². The van der Waals surface area contributed by atoms with Gasteiger partial charge in [-0.15, -0.1) is 0 Å². The number of aryl methyl sites for hydroxylation is 2. The van der Waals surface area contributed by atoms with Crippen LogP contribution >= 0.6 is 0 Å². The summed E-state index contributed by atoms with van der Waals surface area (Å²) in [4.78, 5) is 0. The lowest BCUT2D eigenvalue weighted by Gasteiger charge is -2.17. The Hall–Kier alpha value is -2.79. The van der Waals surface area contributed by atoms with Gasteiger partial charge in [-0.3, -0.25) is 0 Å². The highest BCUT2D eigenvalue weighted by Crippen LogP contribution is 2.28. The summed E-state index contributed by atoms with van der Waals surface area (Å²) in [6.07, 6.45) is 3.84.